The number of halogens is 2. The molecule has 3 rings (SSSR count). The summed E-state index contributed by atoms with van der Waals surface area (Å²) >= 11 is 12.3. The van der Waals surface area contributed by atoms with Crippen LogP contribution in [0.15, 0.2) is 18.2 Å². The van der Waals surface area contributed by atoms with E-state index in [0.717, 1.165) is 29.7 Å². The van der Waals surface area contributed by atoms with Gasteiger partial charge in [-0.2, -0.15) is 5.10 Å². The molecule has 0 radical (unpaired) electrons. The van der Waals surface area contributed by atoms with Crippen LogP contribution in [-0.4, -0.2) is 10.2 Å². The van der Waals surface area contributed by atoms with Gasteiger partial charge >= 0.3 is 0 Å². The van der Waals surface area contributed by atoms with E-state index in [4.69, 9.17) is 28.9 Å². The predicted octanol–water partition coefficient (Wildman–Crippen LogP) is 4.80. The largest absolute Gasteiger partial charge is 0.382 e. The molecule has 20 heavy (non-hydrogen) atoms. The number of hydrogen-bond donors (Lipinski definition) is 2. The SMILES string of the molecule is CC1(c2[nH]nc(N)c2-c2ccc(Cl)cc2Cl)CCCC1. The van der Waals surface area contributed by atoms with Gasteiger partial charge in [0.05, 0.1) is 10.7 Å². The third-order valence-corrected chi connectivity index (χ3v) is 4.85. The third-order valence-electron chi connectivity index (χ3n) is 4.31. The monoisotopic (exact) mass is 309 g/mol. The Labute approximate surface area is 128 Å². The highest BCUT2D eigenvalue weighted by molar-refractivity contribution is 6.36. The molecular formula is C15H17Cl2N3. The third kappa shape index (κ3) is 2.19. The Morgan fingerprint density at radius 3 is 2.60 bits per heavy atom. The maximum atomic E-state index is 6.34. The van der Waals surface area contributed by atoms with Gasteiger partial charge in [0.2, 0.25) is 0 Å². The number of aromatic amines is 1. The minimum atomic E-state index is 0.100. The van der Waals surface area contributed by atoms with E-state index < -0.39 is 0 Å². The van der Waals surface area contributed by atoms with Gasteiger partial charge in [-0.1, -0.05) is 49.0 Å². The van der Waals surface area contributed by atoms with E-state index in [1.54, 1.807) is 6.07 Å². The Morgan fingerprint density at radius 2 is 1.95 bits per heavy atom. The zero-order valence-corrected chi connectivity index (χ0v) is 12.9. The summed E-state index contributed by atoms with van der Waals surface area (Å²) < 4.78 is 0. The van der Waals surface area contributed by atoms with E-state index in [2.05, 4.69) is 17.1 Å². The molecule has 0 aliphatic heterocycles. The smallest absolute Gasteiger partial charge is 0.153 e. The molecule has 5 heteroatoms. The topological polar surface area (TPSA) is 54.7 Å². The van der Waals surface area contributed by atoms with Gasteiger partial charge in [0.25, 0.3) is 0 Å². The number of aromatic nitrogens is 2. The lowest BCUT2D eigenvalue weighted by molar-refractivity contribution is 0.476. The molecule has 1 saturated carbocycles. The first-order valence-electron chi connectivity index (χ1n) is 6.81. The first-order chi connectivity index (χ1) is 9.51. The Hall–Kier alpha value is -1.19. The zero-order valence-electron chi connectivity index (χ0n) is 11.3. The first-order valence-corrected chi connectivity index (χ1v) is 7.56. The number of anilines is 1. The van der Waals surface area contributed by atoms with Crippen molar-refractivity contribution in [3.63, 3.8) is 0 Å². The van der Waals surface area contributed by atoms with Crippen LogP contribution in [0.1, 0.15) is 38.3 Å². The molecule has 3 N–H and O–H groups in total. The second-order valence-electron chi connectivity index (χ2n) is 5.75. The van der Waals surface area contributed by atoms with Crippen molar-refractivity contribution in [3.05, 3.63) is 33.9 Å². The van der Waals surface area contributed by atoms with Crippen LogP contribution in [-0.2, 0) is 5.41 Å². The first kappa shape index (κ1) is 13.8. The lowest BCUT2D eigenvalue weighted by atomic mass is 9.81. The number of nitrogen functional groups attached to an aromatic ring is 1. The molecule has 1 aromatic carbocycles. The number of nitrogens with zero attached hydrogens (tertiary/aromatic N) is 1. The molecular weight excluding hydrogens is 293 g/mol. The standard InChI is InChI=1S/C15H17Cl2N3/c1-15(6-2-3-7-15)13-12(14(18)20-19-13)10-5-4-9(16)8-11(10)17/h4-5,8H,2-3,6-7H2,1H3,(H3,18,19,20). The number of rotatable bonds is 2. The minimum Gasteiger partial charge on any atom is -0.382 e. The molecule has 0 bridgehead atoms. The molecule has 3 nitrogen and oxygen atoms in total. The number of nitrogens with one attached hydrogen (secondary N) is 1. The molecule has 1 fully saturated rings. The van der Waals surface area contributed by atoms with Crippen molar-refractivity contribution in [2.75, 3.05) is 5.73 Å². The second-order valence-corrected chi connectivity index (χ2v) is 6.59. The fraction of sp³-hybridized carbons (Fsp3) is 0.400. The van der Waals surface area contributed by atoms with Gasteiger partial charge < -0.3 is 5.73 Å². The van der Waals surface area contributed by atoms with E-state index in [1.807, 2.05) is 12.1 Å². The highest BCUT2D eigenvalue weighted by Crippen LogP contribution is 2.46. The molecule has 0 spiro atoms. The summed E-state index contributed by atoms with van der Waals surface area (Å²) in [4.78, 5) is 0. The Bertz CT molecular complexity index is 643. The maximum Gasteiger partial charge on any atom is 0.153 e. The molecule has 1 aromatic heterocycles. The van der Waals surface area contributed by atoms with Crippen molar-refractivity contribution in [3.8, 4) is 11.1 Å². The summed E-state index contributed by atoms with van der Waals surface area (Å²) in [5.41, 5.74) is 9.09. The van der Waals surface area contributed by atoms with Gasteiger partial charge in [-0.3, -0.25) is 5.10 Å². The minimum absolute atomic E-state index is 0.100. The van der Waals surface area contributed by atoms with Gasteiger partial charge in [-0.15, -0.1) is 0 Å². The molecule has 1 aliphatic rings. The van der Waals surface area contributed by atoms with Crippen molar-refractivity contribution in [1.82, 2.24) is 10.2 Å². The summed E-state index contributed by atoms with van der Waals surface area (Å²) in [6.07, 6.45) is 4.77. The fourth-order valence-electron chi connectivity index (χ4n) is 3.16. The zero-order chi connectivity index (χ0) is 14.3. The van der Waals surface area contributed by atoms with Crippen molar-refractivity contribution in [2.45, 2.75) is 38.0 Å². The molecule has 1 aliphatic carbocycles. The van der Waals surface area contributed by atoms with Crippen molar-refractivity contribution in [1.29, 1.82) is 0 Å². The number of H-pyrrole nitrogens is 1. The molecule has 0 amide bonds. The molecule has 1 heterocycles. The van der Waals surface area contributed by atoms with E-state index in [1.165, 1.54) is 12.8 Å². The number of hydrogen-bond acceptors (Lipinski definition) is 2. The van der Waals surface area contributed by atoms with E-state index >= 15 is 0 Å². The average molecular weight is 310 g/mol. The van der Waals surface area contributed by atoms with Crippen molar-refractivity contribution < 1.29 is 0 Å². The highest BCUT2D eigenvalue weighted by Gasteiger charge is 2.35. The lowest BCUT2D eigenvalue weighted by Gasteiger charge is -2.23. The molecule has 106 valence electrons. The van der Waals surface area contributed by atoms with Gasteiger partial charge in [0, 0.05) is 21.6 Å². The Morgan fingerprint density at radius 1 is 1.25 bits per heavy atom. The number of nitrogens with two attached hydrogens (primary N) is 1. The van der Waals surface area contributed by atoms with Crippen LogP contribution in [0.4, 0.5) is 5.82 Å². The molecule has 0 saturated heterocycles. The number of benzene rings is 1. The summed E-state index contributed by atoms with van der Waals surface area (Å²) in [6, 6.07) is 5.48. The van der Waals surface area contributed by atoms with E-state index in [0.29, 0.717) is 15.9 Å². The van der Waals surface area contributed by atoms with E-state index in [9.17, 15) is 0 Å². The lowest BCUT2D eigenvalue weighted by Crippen LogP contribution is -2.18. The van der Waals surface area contributed by atoms with Crippen LogP contribution in [0.3, 0.4) is 0 Å². The van der Waals surface area contributed by atoms with Gasteiger partial charge in [-0.05, 0) is 25.0 Å². The van der Waals surface area contributed by atoms with E-state index in [-0.39, 0.29) is 5.41 Å². The predicted molar refractivity (Wildman–Crippen MR) is 84.3 cm³/mol. The van der Waals surface area contributed by atoms with Crippen molar-refractivity contribution >= 4 is 29.0 Å². The summed E-state index contributed by atoms with van der Waals surface area (Å²) in [5.74, 6) is 0.498. The molecule has 0 atom stereocenters. The summed E-state index contributed by atoms with van der Waals surface area (Å²) in [6.45, 7) is 2.26. The average Bonchev–Trinajstić information content (AvgIpc) is 2.98. The van der Waals surface area contributed by atoms with Crippen LogP contribution >= 0.6 is 23.2 Å². The maximum absolute atomic E-state index is 6.34. The highest BCUT2D eigenvalue weighted by atomic mass is 35.5. The van der Waals surface area contributed by atoms with Gasteiger partial charge in [0.15, 0.2) is 5.82 Å². The Kier molecular flexibility index (Phi) is 3.43. The summed E-state index contributed by atoms with van der Waals surface area (Å²) in [7, 11) is 0. The van der Waals surface area contributed by atoms with Crippen molar-refractivity contribution in [2.24, 2.45) is 0 Å². The normalized spacial score (nSPS) is 17.6. The van der Waals surface area contributed by atoms with Crippen LogP contribution in [0, 0.1) is 0 Å². The molecule has 0 unspecified atom stereocenters. The fourth-order valence-corrected chi connectivity index (χ4v) is 3.67. The quantitative estimate of drug-likeness (QED) is 0.837. The van der Waals surface area contributed by atoms with Crippen LogP contribution in [0.2, 0.25) is 10.0 Å². The Balaban J connectivity index is 2.16. The molecule has 2 aromatic rings. The van der Waals surface area contributed by atoms with Gasteiger partial charge in [0.1, 0.15) is 0 Å². The van der Waals surface area contributed by atoms with Crippen LogP contribution < -0.4 is 5.73 Å². The summed E-state index contributed by atoms with van der Waals surface area (Å²) in [5, 5.41) is 8.56. The van der Waals surface area contributed by atoms with Gasteiger partial charge in [-0.25, -0.2) is 0 Å². The van der Waals surface area contributed by atoms with Crippen LogP contribution in [0.25, 0.3) is 11.1 Å². The second kappa shape index (κ2) is 4.97. The van der Waals surface area contributed by atoms with Crippen LogP contribution in [0.5, 0.6) is 0 Å².